The highest BCUT2D eigenvalue weighted by molar-refractivity contribution is 5.94. The van der Waals surface area contributed by atoms with Gasteiger partial charge < -0.3 is 10.4 Å². The molecule has 21 heavy (non-hydrogen) atoms. The Kier molecular flexibility index (Phi) is 4.03. The maximum Gasteiger partial charge on any atom is 0.159 e. The third-order valence-electron chi connectivity index (χ3n) is 5.37. The zero-order valence-corrected chi connectivity index (χ0v) is 12.8. The van der Waals surface area contributed by atoms with Crippen molar-refractivity contribution in [2.45, 2.75) is 63.5 Å². The van der Waals surface area contributed by atoms with Gasteiger partial charge >= 0.3 is 0 Å². The molecule has 0 aromatic heterocycles. The highest BCUT2D eigenvalue weighted by atomic mass is 16.3. The minimum atomic E-state index is -0.546. The Bertz CT molecular complexity index is 508. The fourth-order valence-electron chi connectivity index (χ4n) is 4.12. The van der Waals surface area contributed by atoms with Gasteiger partial charge in [-0.05, 0) is 62.8 Å². The summed E-state index contributed by atoms with van der Waals surface area (Å²) in [7, 11) is 0. The van der Waals surface area contributed by atoms with Crippen LogP contribution in [0.1, 0.15) is 62.2 Å². The molecule has 0 saturated heterocycles. The van der Waals surface area contributed by atoms with Crippen LogP contribution in [0.4, 0.5) is 5.69 Å². The Morgan fingerprint density at radius 3 is 2.57 bits per heavy atom. The number of Topliss-reactive ketones (excluding diaryl/α,β-unsaturated/α-hetero) is 1. The third kappa shape index (κ3) is 2.84. The van der Waals surface area contributed by atoms with Crippen molar-refractivity contribution >= 4 is 11.5 Å². The lowest BCUT2D eigenvalue weighted by Gasteiger charge is -2.49. The number of hydrogen-bond donors (Lipinski definition) is 2. The maximum atomic E-state index is 11.3. The van der Waals surface area contributed by atoms with Crippen LogP contribution in [0.3, 0.4) is 0 Å². The topological polar surface area (TPSA) is 49.3 Å². The highest BCUT2D eigenvalue weighted by Crippen LogP contribution is 2.44. The summed E-state index contributed by atoms with van der Waals surface area (Å²) in [6.07, 6.45) is 7.86. The molecule has 0 bridgehead atoms. The summed E-state index contributed by atoms with van der Waals surface area (Å²) < 4.78 is 0. The van der Waals surface area contributed by atoms with Crippen LogP contribution >= 0.6 is 0 Å². The van der Waals surface area contributed by atoms with Gasteiger partial charge in [-0.1, -0.05) is 19.3 Å². The number of ketones is 1. The average molecular weight is 287 g/mol. The van der Waals surface area contributed by atoms with Gasteiger partial charge in [-0.15, -0.1) is 0 Å². The van der Waals surface area contributed by atoms with E-state index in [1.165, 1.54) is 12.8 Å². The summed E-state index contributed by atoms with van der Waals surface area (Å²) in [5.74, 6) is 0.541. The standard InChI is InChI=1S/C18H25NO2/c1-13(20)14-8-10-16(11-9-14)19-17-7-4-6-15-5-2-3-12-18(15,17)21/h8-11,15,17,19,21H,2-7,12H2,1H3/t15-,17?,18-/m1/s1. The number of hydrogen-bond acceptors (Lipinski definition) is 3. The van der Waals surface area contributed by atoms with Crippen LogP contribution < -0.4 is 5.32 Å². The number of aliphatic hydroxyl groups is 1. The smallest absolute Gasteiger partial charge is 0.159 e. The van der Waals surface area contributed by atoms with Crippen LogP contribution in [0.2, 0.25) is 0 Å². The summed E-state index contributed by atoms with van der Waals surface area (Å²) >= 11 is 0. The molecule has 0 amide bonds. The molecule has 3 nitrogen and oxygen atoms in total. The largest absolute Gasteiger partial charge is 0.387 e. The SMILES string of the molecule is CC(=O)c1ccc(NC2CCC[C@H]3CCCC[C@]23O)cc1. The Balaban J connectivity index is 1.75. The molecule has 2 N–H and O–H groups in total. The first-order valence-corrected chi connectivity index (χ1v) is 8.19. The molecule has 3 heteroatoms. The molecule has 0 heterocycles. The predicted molar refractivity (Wildman–Crippen MR) is 84.6 cm³/mol. The van der Waals surface area contributed by atoms with Crippen molar-refractivity contribution in [2.75, 3.05) is 5.32 Å². The first kappa shape index (κ1) is 14.6. The van der Waals surface area contributed by atoms with Crippen LogP contribution in [0.25, 0.3) is 0 Å². The molecule has 0 spiro atoms. The second kappa shape index (κ2) is 5.80. The zero-order chi connectivity index (χ0) is 14.9. The minimum absolute atomic E-state index is 0.0881. The van der Waals surface area contributed by atoms with Gasteiger partial charge in [0.25, 0.3) is 0 Å². The highest BCUT2D eigenvalue weighted by Gasteiger charge is 2.47. The number of carbonyl (C=O) groups is 1. The van der Waals surface area contributed by atoms with Crippen molar-refractivity contribution in [1.29, 1.82) is 0 Å². The molecule has 0 radical (unpaired) electrons. The van der Waals surface area contributed by atoms with Crippen molar-refractivity contribution in [1.82, 2.24) is 0 Å². The predicted octanol–water partition coefficient (Wildman–Crippen LogP) is 3.77. The van der Waals surface area contributed by atoms with Gasteiger partial charge in [-0.25, -0.2) is 0 Å². The van der Waals surface area contributed by atoms with Crippen molar-refractivity contribution in [3.8, 4) is 0 Å². The quantitative estimate of drug-likeness (QED) is 0.832. The average Bonchev–Trinajstić information content (AvgIpc) is 2.48. The molecule has 2 aliphatic carbocycles. The van der Waals surface area contributed by atoms with E-state index in [-0.39, 0.29) is 11.8 Å². The first-order valence-electron chi connectivity index (χ1n) is 8.19. The first-order chi connectivity index (χ1) is 10.1. The van der Waals surface area contributed by atoms with Gasteiger partial charge in [0, 0.05) is 11.3 Å². The number of rotatable bonds is 3. The Morgan fingerprint density at radius 2 is 1.86 bits per heavy atom. The van der Waals surface area contributed by atoms with Crippen LogP contribution in [0, 0.1) is 5.92 Å². The summed E-state index contributed by atoms with van der Waals surface area (Å²) in [5.41, 5.74) is 1.19. The molecule has 0 aliphatic heterocycles. The van der Waals surface area contributed by atoms with Gasteiger partial charge in [0.1, 0.15) is 0 Å². The third-order valence-corrected chi connectivity index (χ3v) is 5.37. The fourth-order valence-corrected chi connectivity index (χ4v) is 4.12. The Morgan fingerprint density at radius 1 is 1.14 bits per heavy atom. The van der Waals surface area contributed by atoms with E-state index >= 15 is 0 Å². The maximum absolute atomic E-state index is 11.3. The van der Waals surface area contributed by atoms with Gasteiger partial charge in [-0.3, -0.25) is 4.79 Å². The zero-order valence-electron chi connectivity index (χ0n) is 12.8. The molecule has 2 fully saturated rings. The van der Waals surface area contributed by atoms with E-state index in [1.807, 2.05) is 24.3 Å². The van der Waals surface area contributed by atoms with Crippen molar-refractivity contribution in [2.24, 2.45) is 5.92 Å². The molecule has 114 valence electrons. The summed E-state index contributed by atoms with van der Waals surface area (Å²) in [6.45, 7) is 1.58. The lowest BCUT2D eigenvalue weighted by molar-refractivity contribution is -0.0835. The van der Waals surface area contributed by atoms with Gasteiger partial charge in [0.2, 0.25) is 0 Å². The number of benzene rings is 1. The molecule has 2 aliphatic rings. The van der Waals surface area contributed by atoms with E-state index in [4.69, 9.17) is 0 Å². The van der Waals surface area contributed by atoms with E-state index in [9.17, 15) is 9.90 Å². The van der Waals surface area contributed by atoms with E-state index in [1.54, 1.807) is 6.92 Å². The van der Waals surface area contributed by atoms with E-state index in [0.29, 0.717) is 5.92 Å². The Hall–Kier alpha value is -1.35. The van der Waals surface area contributed by atoms with E-state index < -0.39 is 5.60 Å². The second-order valence-electron chi connectivity index (χ2n) is 6.70. The molecular weight excluding hydrogens is 262 g/mol. The van der Waals surface area contributed by atoms with Crippen LogP contribution in [0.5, 0.6) is 0 Å². The number of anilines is 1. The second-order valence-corrected chi connectivity index (χ2v) is 6.70. The summed E-state index contributed by atoms with van der Waals surface area (Å²) in [5, 5.41) is 14.7. The van der Waals surface area contributed by atoms with Crippen molar-refractivity contribution in [3.05, 3.63) is 29.8 Å². The number of nitrogens with one attached hydrogen (secondary N) is 1. The summed E-state index contributed by atoms with van der Waals surface area (Å²) in [6, 6.07) is 7.75. The van der Waals surface area contributed by atoms with Crippen molar-refractivity contribution in [3.63, 3.8) is 0 Å². The normalized spacial score (nSPS) is 32.3. The minimum Gasteiger partial charge on any atom is -0.387 e. The van der Waals surface area contributed by atoms with E-state index in [0.717, 1.165) is 43.4 Å². The lowest BCUT2D eigenvalue weighted by Crippen LogP contribution is -2.56. The van der Waals surface area contributed by atoms with Gasteiger partial charge in [0.05, 0.1) is 11.6 Å². The van der Waals surface area contributed by atoms with Gasteiger partial charge in [0.15, 0.2) is 5.78 Å². The number of carbonyl (C=O) groups excluding carboxylic acids is 1. The Labute approximate surface area is 126 Å². The fraction of sp³-hybridized carbons (Fsp3) is 0.611. The molecule has 1 aromatic carbocycles. The van der Waals surface area contributed by atoms with Gasteiger partial charge in [-0.2, -0.15) is 0 Å². The lowest BCUT2D eigenvalue weighted by atomic mass is 9.65. The molecule has 3 atom stereocenters. The van der Waals surface area contributed by atoms with Crippen LogP contribution in [-0.2, 0) is 0 Å². The van der Waals surface area contributed by atoms with Crippen LogP contribution in [-0.4, -0.2) is 22.5 Å². The molecule has 2 saturated carbocycles. The molecule has 1 unspecified atom stereocenters. The monoisotopic (exact) mass is 287 g/mol. The van der Waals surface area contributed by atoms with Crippen molar-refractivity contribution < 1.29 is 9.90 Å². The van der Waals surface area contributed by atoms with E-state index in [2.05, 4.69) is 5.32 Å². The molecule has 1 aromatic rings. The summed E-state index contributed by atoms with van der Waals surface area (Å²) in [4.78, 5) is 11.3. The molecule has 3 rings (SSSR count). The number of fused-ring (bicyclic) bond motifs is 1. The van der Waals surface area contributed by atoms with Crippen LogP contribution in [0.15, 0.2) is 24.3 Å². The molecular formula is C18H25NO2.